The van der Waals surface area contributed by atoms with Gasteiger partial charge in [0.2, 0.25) is 0 Å². The molecule has 0 spiro atoms. The lowest BCUT2D eigenvalue weighted by Gasteiger charge is -2.18. The van der Waals surface area contributed by atoms with Crippen molar-refractivity contribution in [3.63, 3.8) is 0 Å². The molecule has 2 atom stereocenters. The zero-order chi connectivity index (χ0) is 32.2. The van der Waals surface area contributed by atoms with E-state index in [0.717, 1.165) is 19.3 Å². The molecule has 0 saturated carbocycles. The summed E-state index contributed by atoms with van der Waals surface area (Å²) < 4.78 is 35.3. The number of nitrogen functional groups attached to an aromatic ring is 1. The van der Waals surface area contributed by atoms with Gasteiger partial charge in [0.05, 0.1) is 25.9 Å². The van der Waals surface area contributed by atoms with Crippen molar-refractivity contribution in [2.45, 2.75) is 116 Å². The zero-order valence-electron chi connectivity index (χ0n) is 26.0. The number of unbranched alkanes of at least 4 members (excludes halogenated alkanes) is 12. The normalized spacial score (nSPS) is 13.3. The molecule has 5 N–H and O–H groups in total. The fourth-order valence-corrected chi connectivity index (χ4v) is 5.58. The van der Waals surface area contributed by atoms with E-state index in [9.17, 15) is 19.1 Å². The summed E-state index contributed by atoms with van der Waals surface area (Å²) in [5, 5.41) is 9.73. The largest absolute Gasteiger partial charge is 0.588 e. The number of rotatable bonds is 26. The van der Waals surface area contributed by atoms with Gasteiger partial charge in [-0.25, -0.2) is 4.98 Å². The highest BCUT2D eigenvalue weighted by atomic mass is 31.2. The Kier molecular flexibility index (Phi) is 19.0. The van der Waals surface area contributed by atoms with E-state index in [0.29, 0.717) is 25.5 Å². The summed E-state index contributed by atoms with van der Waals surface area (Å²) >= 11 is 0. The standard InChI is InChI=1S/C29H51N5O8P2/c1-2-3-4-5-6-7-8-9-10-11-12-13-14-15-16-17-19-41-20-18-25-31-26-27(30)32-29(43(36)37)33-28(26)34(25)21-24(22-35)42-23-44(38,39)40/h9-10,24,35H,2-8,11-23H2,1H3,(H2,30,32,33)(H2,38,39,40)/t24-/m0/s1. The van der Waals surface area contributed by atoms with Crippen LogP contribution >= 0.6 is 15.6 Å². The van der Waals surface area contributed by atoms with Crippen molar-refractivity contribution >= 4 is 38.2 Å². The third-order valence-corrected chi connectivity index (χ3v) is 8.20. The third kappa shape index (κ3) is 15.5. The molecule has 0 fully saturated rings. The van der Waals surface area contributed by atoms with Gasteiger partial charge >= 0.3 is 21.2 Å². The molecule has 0 saturated heterocycles. The number of imidazole rings is 1. The number of hydrogen-bond donors (Lipinski definition) is 4. The SMILES string of the molecule is CCCCCCCCC=CCCCCCCCCOCCc1nc2c(N)nc([P+](=O)[O-])nc2n1C[C@@H](CO)OCP(=O)(O)O. The van der Waals surface area contributed by atoms with E-state index < -0.39 is 40.2 Å². The molecular formula is C29H51N5O8P2. The van der Waals surface area contributed by atoms with E-state index in [4.69, 9.17) is 25.0 Å². The van der Waals surface area contributed by atoms with Crippen LogP contribution < -0.4 is 16.2 Å². The molecule has 250 valence electrons. The number of aromatic nitrogens is 4. The number of aliphatic hydroxyl groups is 1. The molecule has 0 aliphatic rings. The Morgan fingerprint density at radius 1 is 0.955 bits per heavy atom. The number of hydrogen-bond acceptors (Lipinski definition) is 10. The predicted molar refractivity (Wildman–Crippen MR) is 170 cm³/mol. The Morgan fingerprint density at radius 3 is 2.16 bits per heavy atom. The van der Waals surface area contributed by atoms with Crippen molar-refractivity contribution in [1.82, 2.24) is 19.5 Å². The molecule has 0 aliphatic heterocycles. The monoisotopic (exact) mass is 659 g/mol. The first-order chi connectivity index (χ1) is 21.2. The van der Waals surface area contributed by atoms with Crippen LogP contribution in [-0.4, -0.2) is 66.7 Å². The highest BCUT2D eigenvalue weighted by molar-refractivity contribution is 7.51. The summed E-state index contributed by atoms with van der Waals surface area (Å²) in [6, 6.07) is 0. The first kappa shape index (κ1) is 38.4. The van der Waals surface area contributed by atoms with Gasteiger partial charge in [0.25, 0.3) is 0 Å². The molecular weight excluding hydrogens is 608 g/mol. The summed E-state index contributed by atoms with van der Waals surface area (Å²) in [6.07, 6.45) is 20.4. The van der Waals surface area contributed by atoms with Gasteiger partial charge in [-0.15, -0.1) is 0 Å². The van der Waals surface area contributed by atoms with Crippen LogP contribution in [0.25, 0.3) is 11.2 Å². The average molecular weight is 660 g/mol. The van der Waals surface area contributed by atoms with Crippen molar-refractivity contribution in [1.29, 1.82) is 0 Å². The lowest BCUT2D eigenvalue weighted by molar-refractivity contribution is -0.161. The van der Waals surface area contributed by atoms with Crippen LogP contribution in [0.2, 0.25) is 0 Å². The van der Waals surface area contributed by atoms with Gasteiger partial charge < -0.3 is 39.6 Å². The number of anilines is 1. The number of nitrogens with zero attached hydrogens (tertiary/aromatic N) is 4. The molecule has 0 aromatic carbocycles. The molecule has 2 aromatic heterocycles. The van der Waals surface area contributed by atoms with Crippen LogP contribution in [0.4, 0.5) is 5.82 Å². The average Bonchev–Trinajstić information content (AvgIpc) is 3.33. The topological polar surface area (TPSA) is 206 Å². The van der Waals surface area contributed by atoms with Crippen LogP contribution in [0.5, 0.6) is 0 Å². The van der Waals surface area contributed by atoms with E-state index in [-0.39, 0.29) is 23.5 Å². The number of fused-ring (bicyclic) bond motifs is 1. The van der Waals surface area contributed by atoms with Gasteiger partial charge in [-0.3, -0.25) is 4.57 Å². The minimum absolute atomic E-state index is 0.0945. The maximum Gasteiger partial charge on any atom is 0.391 e. The molecule has 2 rings (SSSR count). The maximum atomic E-state index is 11.5. The summed E-state index contributed by atoms with van der Waals surface area (Å²) in [5.74, 6) is 0.324. The highest BCUT2D eigenvalue weighted by Gasteiger charge is 2.24. The molecule has 0 bridgehead atoms. The Balaban J connectivity index is 1.73. The molecule has 2 heterocycles. The molecule has 0 aliphatic carbocycles. The second kappa shape index (κ2) is 21.8. The fraction of sp³-hybridized carbons (Fsp3) is 0.759. The Morgan fingerprint density at radius 2 is 1.57 bits per heavy atom. The van der Waals surface area contributed by atoms with Crippen molar-refractivity contribution in [2.75, 3.05) is 31.9 Å². The van der Waals surface area contributed by atoms with Crippen LogP contribution in [-0.2, 0) is 31.6 Å². The summed E-state index contributed by atoms with van der Waals surface area (Å²) in [4.78, 5) is 42.1. The highest BCUT2D eigenvalue weighted by Crippen LogP contribution is 2.34. The fourth-order valence-electron chi connectivity index (χ4n) is 4.81. The number of ether oxygens (including phenoxy) is 2. The lowest BCUT2D eigenvalue weighted by atomic mass is 10.1. The van der Waals surface area contributed by atoms with E-state index in [1.54, 1.807) is 0 Å². The summed E-state index contributed by atoms with van der Waals surface area (Å²) in [7, 11) is -7.59. The van der Waals surface area contributed by atoms with E-state index in [2.05, 4.69) is 34.0 Å². The minimum atomic E-state index is -4.47. The van der Waals surface area contributed by atoms with Crippen molar-refractivity contribution in [3.05, 3.63) is 18.0 Å². The Hall–Kier alpha value is -1.82. The minimum Gasteiger partial charge on any atom is -0.588 e. The van der Waals surface area contributed by atoms with Gasteiger partial charge in [0, 0.05) is 13.0 Å². The quantitative estimate of drug-likeness (QED) is 0.0636. The number of aliphatic hydroxyl groups excluding tert-OH is 1. The van der Waals surface area contributed by atoms with E-state index >= 15 is 0 Å². The van der Waals surface area contributed by atoms with Gasteiger partial charge in [0.1, 0.15) is 12.2 Å². The molecule has 0 amide bonds. The van der Waals surface area contributed by atoms with Gasteiger partial charge in [0.15, 0.2) is 17.0 Å². The Labute approximate surface area is 261 Å². The molecule has 0 radical (unpaired) electrons. The second-order valence-corrected chi connectivity index (χ2v) is 13.5. The van der Waals surface area contributed by atoms with Crippen molar-refractivity contribution in [3.8, 4) is 0 Å². The zero-order valence-corrected chi connectivity index (χ0v) is 27.8. The summed E-state index contributed by atoms with van der Waals surface area (Å²) in [6.45, 7) is 2.53. The molecule has 15 heteroatoms. The second-order valence-electron chi connectivity index (χ2n) is 11.0. The van der Waals surface area contributed by atoms with Crippen LogP contribution in [0.3, 0.4) is 0 Å². The van der Waals surface area contributed by atoms with E-state index in [1.165, 1.54) is 75.2 Å². The van der Waals surface area contributed by atoms with Gasteiger partial charge in [-0.2, -0.15) is 9.97 Å². The summed E-state index contributed by atoms with van der Waals surface area (Å²) in [5.41, 5.74) is 5.77. The molecule has 2 aromatic rings. The number of nitrogens with two attached hydrogens (primary N) is 1. The van der Waals surface area contributed by atoms with Crippen LogP contribution in [0.15, 0.2) is 12.2 Å². The maximum absolute atomic E-state index is 11.5. The smallest absolute Gasteiger partial charge is 0.391 e. The third-order valence-electron chi connectivity index (χ3n) is 7.19. The lowest BCUT2D eigenvalue weighted by Crippen LogP contribution is -2.26. The van der Waals surface area contributed by atoms with Crippen LogP contribution in [0, 0.1) is 0 Å². The predicted octanol–water partition coefficient (Wildman–Crippen LogP) is 4.25. The number of allylic oxidation sites excluding steroid dienone is 2. The molecule has 1 unspecified atom stereocenters. The van der Waals surface area contributed by atoms with Crippen LogP contribution in [0.1, 0.15) is 103 Å². The first-order valence-electron chi connectivity index (χ1n) is 15.8. The van der Waals surface area contributed by atoms with Crippen molar-refractivity contribution < 1.29 is 38.4 Å². The van der Waals surface area contributed by atoms with Gasteiger partial charge in [-0.05, 0) is 32.1 Å². The van der Waals surface area contributed by atoms with Gasteiger partial charge in [-0.1, -0.05) is 81.4 Å². The van der Waals surface area contributed by atoms with Crippen molar-refractivity contribution in [2.24, 2.45) is 0 Å². The molecule has 44 heavy (non-hydrogen) atoms. The van der Waals surface area contributed by atoms with E-state index in [1.807, 2.05) is 0 Å². The Bertz CT molecular complexity index is 1190. The molecule has 13 nitrogen and oxygen atoms in total. The first-order valence-corrected chi connectivity index (χ1v) is 18.8.